The van der Waals surface area contributed by atoms with Crippen molar-refractivity contribution in [1.82, 2.24) is 4.31 Å². The van der Waals surface area contributed by atoms with Crippen LogP contribution in [0.25, 0.3) is 0 Å². The summed E-state index contributed by atoms with van der Waals surface area (Å²) < 4.78 is 38.4. The van der Waals surface area contributed by atoms with E-state index in [1.807, 2.05) is 6.07 Å². The summed E-state index contributed by atoms with van der Waals surface area (Å²) in [7, 11) is -3.68. The van der Waals surface area contributed by atoms with Gasteiger partial charge in [0.1, 0.15) is 0 Å². The lowest BCUT2D eigenvalue weighted by molar-refractivity contribution is 0.0730. The number of amides is 1. The summed E-state index contributed by atoms with van der Waals surface area (Å²) >= 11 is 0. The monoisotopic (exact) mass is 447 g/mol. The molecule has 0 saturated carbocycles. The van der Waals surface area contributed by atoms with E-state index in [4.69, 9.17) is 9.15 Å². The summed E-state index contributed by atoms with van der Waals surface area (Å²) in [5, 5.41) is 2.90. The molecule has 9 heteroatoms. The van der Waals surface area contributed by atoms with Crippen LogP contribution in [0.1, 0.15) is 41.8 Å². The molecule has 1 N–H and O–H groups in total. The third-order valence-corrected chi connectivity index (χ3v) is 7.73. The highest BCUT2D eigenvalue weighted by Crippen LogP contribution is 2.32. The van der Waals surface area contributed by atoms with E-state index >= 15 is 0 Å². The summed E-state index contributed by atoms with van der Waals surface area (Å²) in [4.78, 5) is 15.3. The Bertz CT molecular complexity index is 1020. The summed E-state index contributed by atoms with van der Waals surface area (Å²) in [6, 6.07) is 6.74. The van der Waals surface area contributed by atoms with E-state index in [0.717, 1.165) is 37.2 Å². The van der Waals surface area contributed by atoms with E-state index < -0.39 is 10.0 Å². The summed E-state index contributed by atoms with van der Waals surface area (Å²) in [5.74, 6) is -0.164. The molecule has 0 bridgehead atoms. The largest absolute Gasteiger partial charge is 0.459 e. The Kier molecular flexibility index (Phi) is 6.64. The van der Waals surface area contributed by atoms with Crippen molar-refractivity contribution in [3.8, 4) is 0 Å². The molecule has 4 rings (SSSR count). The molecule has 0 radical (unpaired) electrons. The third-order valence-electron chi connectivity index (χ3n) is 5.84. The first-order valence-corrected chi connectivity index (χ1v) is 12.2. The number of rotatable bonds is 5. The molecule has 0 atom stereocenters. The lowest BCUT2D eigenvalue weighted by Crippen LogP contribution is -2.40. The molecule has 31 heavy (non-hydrogen) atoms. The minimum absolute atomic E-state index is 0.166. The first-order valence-electron chi connectivity index (χ1n) is 10.8. The Balaban J connectivity index is 1.69. The zero-order chi connectivity index (χ0) is 21.8. The number of hydrogen-bond donors (Lipinski definition) is 1. The van der Waals surface area contributed by atoms with Gasteiger partial charge in [0, 0.05) is 31.7 Å². The number of carbonyl (C=O) groups excluding carboxylic acids is 1. The van der Waals surface area contributed by atoms with E-state index in [-0.39, 0.29) is 16.6 Å². The van der Waals surface area contributed by atoms with Gasteiger partial charge in [-0.3, -0.25) is 4.79 Å². The highest BCUT2D eigenvalue weighted by atomic mass is 32.2. The SMILES string of the molecule is Cc1ccoc1C(=O)Nc1cc(S(=O)(=O)N2CCOCC2)ccc1N1CCCCCC1. The van der Waals surface area contributed by atoms with Crippen LogP contribution in [0.4, 0.5) is 11.4 Å². The molecule has 0 unspecified atom stereocenters. The number of ether oxygens (including phenoxy) is 1. The second-order valence-corrected chi connectivity index (χ2v) is 9.92. The van der Waals surface area contributed by atoms with Gasteiger partial charge in [-0.2, -0.15) is 4.31 Å². The number of benzene rings is 1. The van der Waals surface area contributed by atoms with E-state index in [1.54, 1.807) is 25.1 Å². The number of furan rings is 1. The molecule has 1 amide bonds. The van der Waals surface area contributed by atoms with Gasteiger partial charge >= 0.3 is 0 Å². The summed E-state index contributed by atoms with van der Waals surface area (Å²) in [6.45, 7) is 4.95. The molecule has 3 heterocycles. The molecular weight excluding hydrogens is 418 g/mol. The smallest absolute Gasteiger partial charge is 0.291 e. The Labute approximate surface area is 183 Å². The zero-order valence-electron chi connectivity index (χ0n) is 17.8. The highest BCUT2D eigenvalue weighted by molar-refractivity contribution is 7.89. The molecule has 0 spiro atoms. The Hall–Kier alpha value is -2.36. The Morgan fingerprint density at radius 3 is 2.35 bits per heavy atom. The molecule has 1 aromatic heterocycles. The fourth-order valence-corrected chi connectivity index (χ4v) is 5.52. The number of morpholine rings is 1. The minimum Gasteiger partial charge on any atom is -0.459 e. The van der Waals surface area contributed by atoms with Crippen molar-refractivity contribution in [2.75, 3.05) is 49.6 Å². The van der Waals surface area contributed by atoms with Gasteiger partial charge in [0.2, 0.25) is 10.0 Å². The predicted octanol–water partition coefficient (Wildman–Crippen LogP) is 3.24. The maximum Gasteiger partial charge on any atom is 0.291 e. The number of aryl methyl sites for hydroxylation is 1. The van der Waals surface area contributed by atoms with Gasteiger partial charge in [-0.1, -0.05) is 12.8 Å². The normalized spacial score (nSPS) is 18.5. The fourth-order valence-electron chi connectivity index (χ4n) is 4.08. The lowest BCUT2D eigenvalue weighted by Gasteiger charge is -2.28. The van der Waals surface area contributed by atoms with Crippen molar-refractivity contribution in [1.29, 1.82) is 0 Å². The van der Waals surface area contributed by atoms with Crippen LogP contribution in [0.5, 0.6) is 0 Å². The van der Waals surface area contributed by atoms with Crippen molar-refractivity contribution in [3.05, 3.63) is 41.9 Å². The second-order valence-electron chi connectivity index (χ2n) is 7.98. The van der Waals surface area contributed by atoms with E-state index in [1.165, 1.54) is 23.4 Å². The zero-order valence-corrected chi connectivity index (χ0v) is 18.6. The molecular formula is C22H29N3O5S. The number of carbonyl (C=O) groups is 1. The molecule has 168 valence electrons. The van der Waals surface area contributed by atoms with Crippen LogP contribution < -0.4 is 10.2 Å². The molecule has 8 nitrogen and oxygen atoms in total. The number of hydrogen-bond acceptors (Lipinski definition) is 6. The standard InChI is InChI=1S/C22H29N3O5S/c1-17-8-13-30-21(17)22(26)23-19-16-18(31(27,28)25-11-14-29-15-12-25)6-7-20(19)24-9-4-2-3-5-10-24/h6-8,13,16H,2-5,9-12,14-15H2,1H3,(H,23,26). The van der Waals surface area contributed by atoms with Gasteiger partial charge in [-0.05, 0) is 44.0 Å². The molecule has 2 saturated heterocycles. The Morgan fingerprint density at radius 2 is 1.71 bits per heavy atom. The van der Waals surface area contributed by atoms with Crippen molar-refractivity contribution in [2.45, 2.75) is 37.5 Å². The molecule has 2 fully saturated rings. The average Bonchev–Trinajstić information content (AvgIpc) is 3.03. The second kappa shape index (κ2) is 9.42. The highest BCUT2D eigenvalue weighted by Gasteiger charge is 2.28. The number of nitrogens with zero attached hydrogens (tertiary/aromatic N) is 2. The topological polar surface area (TPSA) is 92.1 Å². The fraction of sp³-hybridized carbons (Fsp3) is 0.500. The molecule has 2 aromatic rings. The lowest BCUT2D eigenvalue weighted by atomic mass is 10.2. The van der Waals surface area contributed by atoms with Crippen molar-refractivity contribution in [2.24, 2.45) is 0 Å². The maximum absolute atomic E-state index is 13.2. The van der Waals surface area contributed by atoms with Crippen molar-refractivity contribution >= 4 is 27.3 Å². The van der Waals surface area contributed by atoms with E-state index in [2.05, 4.69) is 10.2 Å². The quantitative estimate of drug-likeness (QED) is 0.757. The van der Waals surface area contributed by atoms with Gasteiger partial charge < -0.3 is 19.4 Å². The van der Waals surface area contributed by atoms with Gasteiger partial charge in [-0.25, -0.2) is 8.42 Å². The number of sulfonamides is 1. The summed E-state index contributed by atoms with van der Waals surface area (Å²) in [5.41, 5.74) is 2.04. The van der Waals surface area contributed by atoms with Crippen LogP contribution in [-0.4, -0.2) is 58.0 Å². The molecule has 2 aliphatic heterocycles. The maximum atomic E-state index is 13.2. The molecule has 2 aliphatic rings. The van der Waals surface area contributed by atoms with Crippen LogP contribution in [0.2, 0.25) is 0 Å². The number of anilines is 2. The van der Waals surface area contributed by atoms with Crippen LogP contribution in [-0.2, 0) is 14.8 Å². The first kappa shape index (κ1) is 21.9. The molecule has 0 aliphatic carbocycles. The van der Waals surface area contributed by atoms with Crippen LogP contribution in [0.3, 0.4) is 0 Å². The minimum atomic E-state index is -3.68. The van der Waals surface area contributed by atoms with E-state index in [9.17, 15) is 13.2 Å². The van der Waals surface area contributed by atoms with Crippen LogP contribution in [0.15, 0.2) is 39.8 Å². The molecule has 1 aromatic carbocycles. The van der Waals surface area contributed by atoms with Crippen molar-refractivity contribution in [3.63, 3.8) is 0 Å². The van der Waals surface area contributed by atoms with Gasteiger partial charge in [0.05, 0.1) is 35.7 Å². The van der Waals surface area contributed by atoms with Gasteiger partial charge in [0.25, 0.3) is 5.91 Å². The number of nitrogens with one attached hydrogen (secondary N) is 1. The van der Waals surface area contributed by atoms with Gasteiger partial charge in [0.15, 0.2) is 5.76 Å². The van der Waals surface area contributed by atoms with Crippen LogP contribution >= 0.6 is 0 Å². The summed E-state index contributed by atoms with van der Waals surface area (Å²) in [6.07, 6.45) is 5.96. The van der Waals surface area contributed by atoms with Gasteiger partial charge in [-0.15, -0.1) is 0 Å². The first-order chi connectivity index (χ1) is 15.0. The van der Waals surface area contributed by atoms with E-state index in [0.29, 0.717) is 32.0 Å². The average molecular weight is 448 g/mol. The van der Waals surface area contributed by atoms with Crippen molar-refractivity contribution < 1.29 is 22.4 Å². The third kappa shape index (κ3) is 4.78. The predicted molar refractivity (Wildman–Crippen MR) is 118 cm³/mol. The van der Waals surface area contributed by atoms with Crippen LogP contribution in [0, 0.1) is 6.92 Å². The Morgan fingerprint density at radius 1 is 1.00 bits per heavy atom.